The van der Waals surface area contributed by atoms with Crippen molar-refractivity contribution in [1.82, 2.24) is 10.2 Å². The van der Waals surface area contributed by atoms with Gasteiger partial charge < -0.3 is 16.0 Å². The van der Waals surface area contributed by atoms with Crippen molar-refractivity contribution in [2.45, 2.75) is 12.5 Å². The second-order valence-corrected chi connectivity index (χ2v) is 3.87. The van der Waals surface area contributed by atoms with Crippen LogP contribution in [0, 0.1) is 0 Å². The van der Waals surface area contributed by atoms with E-state index in [-0.39, 0.29) is 24.9 Å². The molecule has 0 aromatic rings. The molecule has 9 nitrogen and oxygen atoms in total. The van der Waals surface area contributed by atoms with Gasteiger partial charge in [-0.15, -0.1) is 0 Å². The fourth-order valence-electron chi connectivity index (χ4n) is 1.62. The first-order valence-electron chi connectivity index (χ1n) is 5.61. The minimum atomic E-state index is -0.881. The van der Waals surface area contributed by atoms with Gasteiger partial charge in [-0.25, -0.2) is 0 Å². The van der Waals surface area contributed by atoms with Gasteiger partial charge in [0.25, 0.3) is 0 Å². The van der Waals surface area contributed by atoms with E-state index in [0.29, 0.717) is 13.0 Å². The zero-order valence-electron chi connectivity index (χ0n) is 10.2. The van der Waals surface area contributed by atoms with Crippen LogP contribution in [-0.2, 0) is 14.4 Å². The number of nitrogens with one attached hydrogen (secondary N) is 1. The molecule has 1 fully saturated rings. The summed E-state index contributed by atoms with van der Waals surface area (Å²) < 4.78 is 0. The molecule has 1 aliphatic rings. The Balaban J connectivity index is 2.61. The highest BCUT2D eigenvalue weighted by Crippen LogP contribution is 2.05. The molecule has 0 aliphatic carbocycles. The SMILES string of the molecule is [N-]=[N+]=NCCCN1CC(=O)NC(/C=C/C(N)=O)C1=O. The van der Waals surface area contributed by atoms with E-state index in [2.05, 4.69) is 15.3 Å². The number of primary amides is 1. The number of piperazine rings is 1. The van der Waals surface area contributed by atoms with Gasteiger partial charge in [-0.2, -0.15) is 0 Å². The molecule has 9 heteroatoms. The summed E-state index contributed by atoms with van der Waals surface area (Å²) in [6.07, 6.45) is 2.75. The number of carbonyl (C=O) groups is 3. The van der Waals surface area contributed by atoms with Crippen LogP contribution < -0.4 is 11.1 Å². The van der Waals surface area contributed by atoms with Gasteiger partial charge >= 0.3 is 0 Å². The Bertz CT molecular complexity index is 454. The van der Waals surface area contributed by atoms with E-state index in [0.717, 1.165) is 6.08 Å². The van der Waals surface area contributed by atoms with Crippen LogP contribution in [0.25, 0.3) is 10.4 Å². The molecule has 1 aliphatic heterocycles. The van der Waals surface area contributed by atoms with Crippen molar-refractivity contribution in [3.05, 3.63) is 22.6 Å². The summed E-state index contributed by atoms with van der Waals surface area (Å²) in [5, 5.41) is 5.79. The smallest absolute Gasteiger partial charge is 0.249 e. The van der Waals surface area contributed by atoms with Crippen LogP contribution in [0.2, 0.25) is 0 Å². The maximum Gasteiger partial charge on any atom is 0.249 e. The Hall–Kier alpha value is -2.54. The second kappa shape index (κ2) is 7.02. The Kier molecular flexibility index (Phi) is 5.36. The van der Waals surface area contributed by atoms with Gasteiger partial charge in [-0.3, -0.25) is 14.4 Å². The quantitative estimate of drug-likeness (QED) is 0.210. The van der Waals surface area contributed by atoms with Crippen molar-refractivity contribution < 1.29 is 14.4 Å². The molecule has 0 radical (unpaired) electrons. The van der Waals surface area contributed by atoms with Gasteiger partial charge in [-0.05, 0) is 18.0 Å². The number of azide groups is 1. The lowest BCUT2D eigenvalue weighted by Crippen LogP contribution is -2.57. The molecular formula is C10H14N6O3. The van der Waals surface area contributed by atoms with E-state index in [1.54, 1.807) is 0 Å². The molecule has 1 saturated heterocycles. The summed E-state index contributed by atoms with van der Waals surface area (Å²) in [6, 6.07) is -0.881. The molecule has 0 spiro atoms. The van der Waals surface area contributed by atoms with Gasteiger partial charge in [-0.1, -0.05) is 5.11 Å². The number of hydrogen-bond acceptors (Lipinski definition) is 4. The Labute approximate surface area is 109 Å². The van der Waals surface area contributed by atoms with Crippen LogP contribution in [0.4, 0.5) is 0 Å². The highest BCUT2D eigenvalue weighted by atomic mass is 16.2. The first-order valence-corrected chi connectivity index (χ1v) is 5.61. The maximum atomic E-state index is 12.0. The molecule has 0 bridgehead atoms. The molecule has 102 valence electrons. The van der Waals surface area contributed by atoms with E-state index >= 15 is 0 Å². The van der Waals surface area contributed by atoms with Crippen LogP contribution in [0.1, 0.15) is 6.42 Å². The Morgan fingerprint density at radius 2 is 2.37 bits per heavy atom. The van der Waals surface area contributed by atoms with E-state index in [1.165, 1.54) is 11.0 Å². The third kappa shape index (κ3) is 4.68. The van der Waals surface area contributed by atoms with Gasteiger partial charge in [0.2, 0.25) is 17.7 Å². The molecular weight excluding hydrogens is 252 g/mol. The van der Waals surface area contributed by atoms with Crippen LogP contribution >= 0.6 is 0 Å². The topological polar surface area (TPSA) is 141 Å². The molecule has 1 rings (SSSR count). The largest absolute Gasteiger partial charge is 0.366 e. The van der Waals surface area contributed by atoms with Crippen molar-refractivity contribution in [2.24, 2.45) is 10.8 Å². The number of hydrogen-bond donors (Lipinski definition) is 2. The van der Waals surface area contributed by atoms with Crippen LogP contribution in [0.5, 0.6) is 0 Å². The molecule has 0 aromatic heterocycles. The minimum Gasteiger partial charge on any atom is -0.366 e. The van der Waals surface area contributed by atoms with Gasteiger partial charge in [0, 0.05) is 24.1 Å². The predicted molar refractivity (Wildman–Crippen MR) is 65.5 cm³/mol. The first kappa shape index (κ1) is 14.5. The van der Waals surface area contributed by atoms with E-state index < -0.39 is 11.9 Å². The summed E-state index contributed by atoms with van der Waals surface area (Å²) >= 11 is 0. The standard InChI is InChI=1S/C10H14N6O3/c11-8(17)3-2-7-10(19)16(6-9(18)14-7)5-1-4-13-15-12/h2-3,7H,1,4-6H2,(H2,11,17)(H,14,18)/b3-2+. The number of nitrogens with zero attached hydrogens (tertiary/aromatic N) is 4. The molecule has 3 N–H and O–H groups in total. The zero-order chi connectivity index (χ0) is 14.3. The van der Waals surface area contributed by atoms with Gasteiger partial charge in [0.1, 0.15) is 6.04 Å². The number of nitrogens with two attached hydrogens (primary N) is 1. The van der Waals surface area contributed by atoms with E-state index in [4.69, 9.17) is 11.3 Å². The monoisotopic (exact) mass is 266 g/mol. The summed E-state index contributed by atoms with van der Waals surface area (Å²) in [4.78, 5) is 37.9. The average Bonchev–Trinajstić information content (AvgIpc) is 2.36. The van der Waals surface area contributed by atoms with Crippen molar-refractivity contribution in [3.8, 4) is 0 Å². The fourth-order valence-corrected chi connectivity index (χ4v) is 1.62. The first-order chi connectivity index (χ1) is 9.04. The molecule has 1 atom stereocenters. The lowest BCUT2D eigenvalue weighted by Gasteiger charge is -2.31. The Morgan fingerprint density at radius 1 is 1.63 bits per heavy atom. The normalized spacial score (nSPS) is 19.2. The van der Waals surface area contributed by atoms with Gasteiger partial charge in [0.15, 0.2) is 0 Å². The molecule has 1 heterocycles. The van der Waals surface area contributed by atoms with Crippen LogP contribution in [0.15, 0.2) is 17.3 Å². The maximum absolute atomic E-state index is 12.0. The van der Waals surface area contributed by atoms with Crippen LogP contribution in [-0.4, -0.2) is 48.3 Å². The molecule has 1 unspecified atom stereocenters. The second-order valence-electron chi connectivity index (χ2n) is 3.87. The predicted octanol–water partition coefficient (Wildman–Crippen LogP) is -0.945. The number of carbonyl (C=O) groups excluding carboxylic acids is 3. The number of amides is 3. The zero-order valence-corrected chi connectivity index (χ0v) is 10.2. The highest BCUT2D eigenvalue weighted by molar-refractivity contribution is 5.97. The van der Waals surface area contributed by atoms with E-state index in [9.17, 15) is 14.4 Å². The lowest BCUT2D eigenvalue weighted by atomic mass is 10.1. The summed E-state index contributed by atoms with van der Waals surface area (Å²) in [5.74, 6) is -1.33. The highest BCUT2D eigenvalue weighted by Gasteiger charge is 2.30. The third-order valence-corrected chi connectivity index (χ3v) is 2.43. The average molecular weight is 266 g/mol. The molecule has 0 saturated carbocycles. The van der Waals surface area contributed by atoms with Crippen molar-refractivity contribution in [2.75, 3.05) is 19.6 Å². The van der Waals surface area contributed by atoms with Crippen molar-refractivity contribution in [1.29, 1.82) is 0 Å². The van der Waals surface area contributed by atoms with Crippen LogP contribution in [0.3, 0.4) is 0 Å². The lowest BCUT2D eigenvalue weighted by molar-refractivity contribution is -0.142. The molecule has 19 heavy (non-hydrogen) atoms. The fraction of sp³-hybridized carbons (Fsp3) is 0.500. The number of rotatable bonds is 6. The minimum absolute atomic E-state index is 0.0456. The van der Waals surface area contributed by atoms with Gasteiger partial charge in [0.05, 0.1) is 6.54 Å². The van der Waals surface area contributed by atoms with Crippen molar-refractivity contribution >= 4 is 17.7 Å². The summed E-state index contributed by atoms with van der Waals surface area (Å²) in [5.41, 5.74) is 13.1. The summed E-state index contributed by atoms with van der Waals surface area (Å²) in [6.45, 7) is 0.520. The Morgan fingerprint density at radius 3 is 3.00 bits per heavy atom. The van der Waals surface area contributed by atoms with E-state index in [1.807, 2.05) is 0 Å². The third-order valence-electron chi connectivity index (χ3n) is 2.43. The van der Waals surface area contributed by atoms with Crippen molar-refractivity contribution in [3.63, 3.8) is 0 Å². The molecule has 0 aromatic carbocycles. The molecule has 3 amide bonds. The summed E-state index contributed by atoms with van der Waals surface area (Å²) in [7, 11) is 0.